The Morgan fingerprint density at radius 3 is 2.38 bits per heavy atom. The van der Waals surface area contributed by atoms with Crippen LogP contribution >= 0.6 is 0 Å². The van der Waals surface area contributed by atoms with Gasteiger partial charge in [-0.05, 0) is 17.0 Å². The third-order valence-corrected chi connectivity index (χ3v) is 4.02. The van der Waals surface area contributed by atoms with Crippen molar-refractivity contribution in [1.29, 1.82) is 0 Å². The fourth-order valence-corrected chi connectivity index (χ4v) is 2.77. The van der Waals surface area contributed by atoms with E-state index in [0.717, 1.165) is 22.0 Å². The molecule has 3 aromatic carbocycles. The predicted octanol–water partition coefficient (Wildman–Crippen LogP) is 4.72. The topological polar surface area (TPSA) is 38.3 Å². The summed E-state index contributed by atoms with van der Waals surface area (Å²) in [6.45, 7) is 3.94. The molecule has 0 bridgehead atoms. The maximum Gasteiger partial charge on any atom is 0.335 e. The molecule has 0 aliphatic rings. The van der Waals surface area contributed by atoms with Crippen LogP contribution in [0.5, 0.6) is 0 Å². The van der Waals surface area contributed by atoms with Crippen LogP contribution in [0.1, 0.15) is 11.6 Å². The van der Waals surface area contributed by atoms with Crippen LogP contribution in [0.4, 0.5) is 5.69 Å². The Balaban J connectivity index is 2.03. The molecule has 0 saturated carbocycles. The number of methoxy groups -OCH3 is 1. The summed E-state index contributed by atoms with van der Waals surface area (Å²) in [5, 5.41) is 5.69. The first-order chi connectivity index (χ1) is 11.7. The van der Waals surface area contributed by atoms with Crippen molar-refractivity contribution in [3.63, 3.8) is 0 Å². The summed E-state index contributed by atoms with van der Waals surface area (Å²) in [7, 11) is 1.37. The van der Waals surface area contributed by atoms with Gasteiger partial charge in [0.15, 0.2) is 0 Å². The quantitative estimate of drug-likeness (QED) is 0.546. The molecule has 1 N–H and O–H groups in total. The van der Waals surface area contributed by atoms with Crippen LogP contribution in [-0.4, -0.2) is 13.1 Å². The van der Waals surface area contributed by atoms with Crippen LogP contribution in [0.25, 0.3) is 10.8 Å². The summed E-state index contributed by atoms with van der Waals surface area (Å²) in [5.41, 5.74) is 2.28. The second-order valence-corrected chi connectivity index (χ2v) is 5.53. The van der Waals surface area contributed by atoms with Crippen molar-refractivity contribution in [2.75, 3.05) is 12.4 Å². The van der Waals surface area contributed by atoms with Gasteiger partial charge < -0.3 is 10.1 Å². The number of hydrogen-bond acceptors (Lipinski definition) is 3. The molecule has 3 aromatic rings. The lowest BCUT2D eigenvalue weighted by molar-refractivity contribution is -0.136. The minimum absolute atomic E-state index is 0.357. The molecule has 3 rings (SSSR count). The number of nitrogens with one attached hydrogen (secondary N) is 1. The average Bonchev–Trinajstić information content (AvgIpc) is 2.65. The van der Waals surface area contributed by atoms with Crippen LogP contribution in [0.2, 0.25) is 0 Å². The van der Waals surface area contributed by atoms with Crippen molar-refractivity contribution < 1.29 is 9.53 Å². The number of carbonyl (C=O) groups excluding carboxylic acids is 1. The summed E-state index contributed by atoms with van der Waals surface area (Å²) < 4.78 is 4.86. The maximum absolute atomic E-state index is 12.0. The van der Waals surface area contributed by atoms with Gasteiger partial charge in [-0.3, -0.25) is 0 Å². The summed E-state index contributed by atoms with van der Waals surface area (Å²) in [6, 6.07) is 23.6. The van der Waals surface area contributed by atoms with Crippen molar-refractivity contribution in [2.45, 2.75) is 6.04 Å². The van der Waals surface area contributed by atoms with Gasteiger partial charge in [-0.15, -0.1) is 0 Å². The van der Waals surface area contributed by atoms with Gasteiger partial charge in [-0.25, -0.2) is 4.79 Å². The average molecular weight is 317 g/mol. The van der Waals surface area contributed by atoms with Gasteiger partial charge in [0, 0.05) is 11.1 Å². The summed E-state index contributed by atoms with van der Waals surface area (Å²) in [6.07, 6.45) is 0. The fourth-order valence-electron chi connectivity index (χ4n) is 2.77. The molecule has 3 nitrogen and oxygen atoms in total. The number of carbonyl (C=O) groups is 1. The highest BCUT2D eigenvalue weighted by molar-refractivity contribution is 5.95. The van der Waals surface area contributed by atoms with Crippen molar-refractivity contribution in [3.8, 4) is 0 Å². The van der Waals surface area contributed by atoms with E-state index in [1.165, 1.54) is 7.11 Å². The van der Waals surface area contributed by atoms with Crippen molar-refractivity contribution in [3.05, 3.63) is 90.5 Å². The normalized spacial score (nSPS) is 11.7. The molecule has 0 unspecified atom stereocenters. The van der Waals surface area contributed by atoms with Crippen molar-refractivity contribution >= 4 is 22.4 Å². The molecule has 0 aliphatic carbocycles. The lowest BCUT2D eigenvalue weighted by atomic mass is 9.98. The Bertz CT molecular complexity index is 866. The van der Waals surface area contributed by atoms with Gasteiger partial charge in [-0.1, -0.05) is 73.3 Å². The van der Waals surface area contributed by atoms with E-state index >= 15 is 0 Å². The van der Waals surface area contributed by atoms with Crippen LogP contribution in [0.3, 0.4) is 0 Å². The monoisotopic (exact) mass is 317 g/mol. The standard InChI is InChI=1S/C21H19NO2/c1-15(21(23)24-2)20(17-10-4-3-5-11-17)22-19-14-8-12-16-9-6-7-13-18(16)19/h3-14,20,22H,1H2,2H3/t20-/m0/s1. The zero-order valence-corrected chi connectivity index (χ0v) is 13.5. The molecule has 0 heterocycles. The van der Waals surface area contributed by atoms with E-state index in [0.29, 0.717) is 5.57 Å². The molecule has 0 amide bonds. The largest absolute Gasteiger partial charge is 0.466 e. The molecule has 0 fully saturated rings. The molecular formula is C21H19NO2. The first-order valence-corrected chi connectivity index (χ1v) is 7.77. The van der Waals surface area contributed by atoms with Crippen LogP contribution in [0.15, 0.2) is 84.9 Å². The van der Waals surface area contributed by atoms with Crippen molar-refractivity contribution in [2.24, 2.45) is 0 Å². The molecule has 24 heavy (non-hydrogen) atoms. The van der Waals surface area contributed by atoms with E-state index in [9.17, 15) is 4.79 Å². The van der Waals surface area contributed by atoms with Gasteiger partial charge >= 0.3 is 5.97 Å². The Kier molecular flexibility index (Phi) is 4.62. The van der Waals surface area contributed by atoms with Gasteiger partial charge in [0.1, 0.15) is 0 Å². The highest BCUT2D eigenvalue weighted by Gasteiger charge is 2.22. The molecule has 0 aliphatic heterocycles. The molecule has 0 spiro atoms. The van der Waals surface area contributed by atoms with Gasteiger partial charge in [0.25, 0.3) is 0 Å². The number of rotatable bonds is 5. The third-order valence-electron chi connectivity index (χ3n) is 4.02. The van der Waals surface area contributed by atoms with Gasteiger partial charge in [0.2, 0.25) is 0 Å². The minimum Gasteiger partial charge on any atom is -0.466 e. The van der Waals surface area contributed by atoms with Crippen LogP contribution in [-0.2, 0) is 9.53 Å². The molecular weight excluding hydrogens is 298 g/mol. The third kappa shape index (κ3) is 3.15. The van der Waals surface area contributed by atoms with Gasteiger partial charge in [-0.2, -0.15) is 0 Å². The Hall–Kier alpha value is -3.07. The zero-order chi connectivity index (χ0) is 16.9. The maximum atomic E-state index is 12.0. The minimum atomic E-state index is -0.420. The van der Waals surface area contributed by atoms with Gasteiger partial charge in [0.05, 0.1) is 18.7 Å². The number of fused-ring (bicyclic) bond motifs is 1. The highest BCUT2D eigenvalue weighted by atomic mass is 16.5. The lowest BCUT2D eigenvalue weighted by Crippen LogP contribution is -2.19. The number of benzene rings is 3. The molecule has 0 saturated heterocycles. The van der Waals surface area contributed by atoms with Crippen molar-refractivity contribution in [1.82, 2.24) is 0 Å². The number of hydrogen-bond donors (Lipinski definition) is 1. The van der Waals surface area contributed by atoms with E-state index in [4.69, 9.17) is 4.74 Å². The number of ether oxygens (including phenoxy) is 1. The Labute approximate surface area is 141 Å². The second kappa shape index (κ2) is 7.01. The SMILES string of the molecule is C=C(C(=O)OC)[C@H](Nc1cccc2ccccc12)c1ccccc1. The predicted molar refractivity (Wildman–Crippen MR) is 97.9 cm³/mol. The molecule has 3 heteroatoms. The van der Waals surface area contributed by atoms with E-state index in [1.807, 2.05) is 54.6 Å². The van der Waals surface area contributed by atoms with E-state index in [-0.39, 0.29) is 6.04 Å². The number of anilines is 1. The number of esters is 1. The van der Waals surface area contributed by atoms with E-state index < -0.39 is 5.97 Å². The molecule has 120 valence electrons. The molecule has 1 atom stereocenters. The second-order valence-electron chi connectivity index (χ2n) is 5.53. The summed E-state index contributed by atoms with van der Waals surface area (Å²) in [5.74, 6) is -0.420. The highest BCUT2D eigenvalue weighted by Crippen LogP contribution is 2.30. The Morgan fingerprint density at radius 2 is 1.62 bits per heavy atom. The first kappa shape index (κ1) is 15.8. The fraction of sp³-hybridized carbons (Fsp3) is 0.0952. The zero-order valence-electron chi connectivity index (χ0n) is 13.5. The first-order valence-electron chi connectivity index (χ1n) is 7.77. The van der Waals surface area contributed by atoms with E-state index in [2.05, 4.69) is 30.1 Å². The van der Waals surface area contributed by atoms with Crippen LogP contribution in [0, 0.1) is 0 Å². The summed E-state index contributed by atoms with van der Waals surface area (Å²) >= 11 is 0. The Morgan fingerprint density at radius 1 is 0.958 bits per heavy atom. The lowest BCUT2D eigenvalue weighted by Gasteiger charge is -2.22. The summed E-state index contributed by atoms with van der Waals surface area (Å²) in [4.78, 5) is 12.0. The van der Waals surface area contributed by atoms with Crippen LogP contribution < -0.4 is 5.32 Å². The molecule has 0 aromatic heterocycles. The molecule has 0 radical (unpaired) electrons. The smallest absolute Gasteiger partial charge is 0.335 e. The van der Waals surface area contributed by atoms with E-state index in [1.54, 1.807) is 0 Å².